The van der Waals surface area contributed by atoms with Crippen molar-refractivity contribution in [3.63, 3.8) is 0 Å². The highest BCUT2D eigenvalue weighted by atomic mass is 19.1. The summed E-state index contributed by atoms with van der Waals surface area (Å²) < 4.78 is 12.8. The molecule has 0 aliphatic rings. The fourth-order valence-electron chi connectivity index (χ4n) is 1.69. The van der Waals surface area contributed by atoms with Gasteiger partial charge in [-0.2, -0.15) is 0 Å². The topological polar surface area (TPSA) is 66.9 Å². The van der Waals surface area contributed by atoms with Gasteiger partial charge in [0, 0.05) is 7.05 Å². The quantitative estimate of drug-likeness (QED) is 0.896. The largest absolute Gasteiger partial charge is 0.372 e. The molecule has 1 amide bonds. The molecule has 0 fully saturated rings. The summed E-state index contributed by atoms with van der Waals surface area (Å²) in [5.74, 6) is -0.0362. The summed E-state index contributed by atoms with van der Waals surface area (Å²) in [5.41, 5.74) is 1.05. The standard InChI is InChI=1S/C14H15FN4O/c1-9(10-3-5-11(15)6-4-10)17-14(20)12-7-8-13(16-2)19-18-12/h3-9H,1-2H3,(H,16,19)(H,17,20). The number of nitrogens with one attached hydrogen (secondary N) is 2. The molecular formula is C14H15FN4O. The van der Waals surface area contributed by atoms with Gasteiger partial charge in [-0.05, 0) is 36.8 Å². The fourth-order valence-corrected chi connectivity index (χ4v) is 1.69. The van der Waals surface area contributed by atoms with Crippen LogP contribution in [-0.4, -0.2) is 23.2 Å². The highest BCUT2D eigenvalue weighted by Gasteiger charge is 2.13. The van der Waals surface area contributed by atoms with E-state index in [-0.39, 0.29) is 23.5 Å². The normalized spacial score (nSPS) is 11.8. The molecule has 1 aromatic heterocycles. The maximum absolute atomic E-state index is 12.8. The Morgan fingerprint density at radius 2 is 1.85 bits per heavy atom. The molecule has 6 heteroatoms. The Morgan fingerprint density at radius 3 is 2.40 bits per heavy atom. The number of carbonyl (C=O) groups excluding carboxylic acids is 1. The molecule has 1 heterocycles. The van der Waals surface area contributed by atoms with Crippen LogP contribution < -0.4 is 10.6 Å². The molecule has 2 N–H and O–H groups in total. The molecule has 104 valence electrons. The van der Waals surface area contributed by atoms with E-state index in [0.717, 1.165) is 5.56 Å². The van der Waals surface area contributed by atoms with Crippen molar-refractivity contribution in [2.24, 2.45) is 0 Å². The third-order valence-electron chi connectivity index (χ3n) is 2.87. The third-order valence-corrected chi connectivity index (χ3v) is 2.87. The minimum absolute atomic E-state index is 0.234. The third kappa shape index (κ3) is 3.28. The van der Waals surface area contributed by atoms with Crippen molar-refractivity contribution in [2.45, 2.75) is 13.0 Å². The van der Waals surface area contributed by atoms with Crippen molar-refractivity contribution in [3.8, 4) is 0 Å². The van der Waals surface area contributed by atoms with Crippen LogP contribution in [0.15, 0.2) is 36.4 Å². The minimum Gasteiger partial charge on any atom is -0.372 e. The summed E-state index contributed by atoms with van der Waals surface area (Å²) in [5, 5.41) is 13.3. The van der Waals surface area contributed by atoms with Crippen LogP contribution in [-0.2, 0) is 0 Å². The number of amides is 1. The molecular weight excluding hydrogens is 259 g/mol. The number of aromatic nitrogens is 2. The smallest absolute Gasteiger partial charge is 0.272 e. The molecule has 1 aromatic carbocycles. The van der Waals surface area contributed by atoms with Crippen LogP contribution in [0.25, 0.3) is 0 Å². The molecule has 2 aromatic rings. The van der Waals surface area contributed by atoms with Gasteiger partial charge < -0.3 is 10.6 Å². The molecule has 1 atom stereocenters. The van der Waals surface area contributed by atoms with Gasteiger partial charge in [0.25, 0.3) is 5.91 Å². The Morgan fingerprint density at radius 1 is 1.15 bits per heavy atom. The average Bonchev–Trinajstić information content (AvgIpc) is 2.48. The van der Waals surface area contributed by atoms with E-state index in [9.17, 15) is 9.18 Å². The van der Waals surface area contributed by atoms with Crippen LogP contribution in [0, 0.1) is 5.82 Å². The van der Waals surface area contributed by atoms with E-state index in [0.29, 0.717) is 5.82 Å². The van der Waals surface area contributed by atoms with E-state index >= 15 is 0 Å². The van der Waals surface area contributed by atoms with Crippen LogP contribution in [0.3, 0.4) is 0 Å². The minimum atomic E-state index is -0.322. The summed E-state index contributed by atoms with van der Waals surface area (Å²) in [6.07, 6.45) is 0. The zero-order chi connectivity index (χ0) is 14.5. The second-order valence-corrected chi connectivity index (χ2v) is 4.30. The lowest BCUT2D eigenvalue weighted by molar-refractivity contribution is 0.0934. The monoisotopic (exact) mass is 274 g/mol. The second kappa shape index (κ2) is 6.10. The number of rotatable bonds is 4. The molecule has 0 aliphatic heterocycles. The highest BCUT2D eigenvalue weighted by Crippen LogP contribution is 2.13. The second-order valence-electron chi connectivity index (χ2n) is 4.30. The number of hydrogen-bond acceptors (Lipinski definition) is 4. The lowest BCUT2D eigenvalue weighted by Gasteiger charge is -2.13. The van der Waals surface area contributed by atoms with Gasteiger partial charge in [-0.15, -0.1) is 10.2 Å². The predicted octanol–water partition coefficient (Wildman–Crippen LogP) is 2.15. The Balaban J connectivity index is 2.04. The summed E-state index contributed by atoms with van der Waals surface area (Å²) >= 11 is 0. The Kier molecular flexibility index (Phi) is 4.24. The van der Waals surface area contributed by atoms with E-state index < -0.39 is 0 Å². The van der Waals surface area contributed by atoms with Gasteiger partial charge in [0.1, 0.15) is 11.6 Å². The van der Waals surface area contributed by atoms with Gasteiger partial charge in [-0.1, -0.05) is 12.1 Å². The number of nitrogens with zero attached hydrogens (tertiary/aromatic N) is 2. The molecule has 2 rings (SSSR count). The molecule has 0 saturated heterocycles. The molecule has 0 aliphatic carbocycles. The maximum atomic E-state index is 12.8. The number of halogens is 1. The Hall–Kier alpha value is -2.50. The van der Waals surface area contributed by atoms with Gasteiger partial charge in [-0.25, -0.2) is 4.39 Å². The van der Waals surface area contributed by atoms with Gasteiger partial charge in [0.05, 0.1) is 6.04 Å². The SMILES string of the molecule is CNc1ccc(C(=O)NC(C)c2ccc(F)cc2)nn1. The van der Waals surface area contributed by atoms with Crippen molar-refractivity contribution >= 4 is 11.7 Å². The predicted molar refractivity (Wildman–Crippen MR) is 73.9 cm³/mol. The number of carbonyl (C=O) groups is 1. The number of benzene rings is 1. The lowest BCUT2D eigenvalue weighted by atomic mass is 10.1. The molecule has 0 saturated carbocycles. The summed E-state index contributed by atoms with van der Waals surface area (Å²) in [6, 6.07) is 9.01. The van der Waals surface area contributed by atoms with E-state index in [2.05, 4.69) is 20.8 Å². The maximum Gasteiger partial charge on any atom is 0.272 e. The average molecular weight is 274 g/mol. The summed E-state index contributed by atoms with van der Waals surface area (Å²) in [6.45, 7) is 1.82. The highest BCUT2D eigenvalue weighted by molar-refractivity contribution is 5.92. The van der Waals surface area contributed by atoms with Crippen LogP contribution in [0.4, 0.5) is 10.2 Å². The molecule has 20 heavy (non-hydrogen) atoms. The molecule has 1 unspecified atom stereocenters. The Bertz CT molecular complexity index is 583. The first-order valence-electron chi connectivity index (χ1n) is 6.18. The lowest BCUT2D eigenvalue weighted by Crippen LogP contribution is -2.27. The first kappa shape index (κ1) is 13.9. The summed E-state index contributed by atoms with van der Waals surface area (Å²) in [4.78, 5) is 12.0. The van der Waals surface area contributed by atoms with Crippen molar-refractivity contribution in [3.05, 3.63) is 53.5 Å². The van der Waals surface area contributed by atoms with Crippen molar-refractivity contribution in [1.29, 1.82) is 0 Å². The number of hydrogen-bond donors (Lipinski definition) is 2. The molecule has 5 nitrogen and oxygen atoms in total. The van der Waals surface area contributed by atoms with E-state index in [4.69, 9.17) is 0 Å². The van der Waals surface area contributed by atoms with E-state index in [1.165, 1.54) is 12.1 Å². The van der Waals surface area contributed by atoms with Gasteiger partial charge in [0.15, 0.2) is 5.69 Å². The fraction of sp³-hybridized carbons (Fsp3) is 0.214. The van der Waals surface area contributed by atoms with Crippen LogP contribution in [0.2, 0.25) is 0 Å². The molecule has 0 radical (unpaired) electrons. The van der Waals surface area contributed by atoms with Crippen LogP contribution >= 0.6 is 0 Å². The van der Waals surface area contributed by atoms with Crippen LogP contribution in [0.1, 0.15) is 29.0 Å². The van der Waals surface area contributed by atoms with Crippen LogP contribution in [0.5, 0.6) is 0 Å². The molecule has 0 spiro atoms. The van der Waals surface area contributed by atoms with Crippen molar-refractivity contribution < 1.29 is 9.18 Å². The van der Waals surface area contributed by atoms with E-state index in [1.807, 2.05) is 6.92 Å². The van der Waals surface area contributed by atoms with Gasteiger partial charge in [0.2, 0.25) is 0 Å². The first-order chi connectivity index (χ1) is 9.60. The molecule has 0 bridgehead atoms. The zero-order valence-electron chi connectivity index (χ0n) is 11.2. The first-order valence-corrected chi connectivity index (χ1v) is 6.18. The van der Waals surface area contributed by atoms with Crippen molar-refractivity contribution in [1.82, 2.24) is 15.5 Å². The van der Waals surface area contributed by atoms with E-state index in [1.54, 1.807) is 31.3 Å². The van der Waals surface area contributed by atoms with Gasteiger partial charge >= 0.3 is 0 Å². The number of anilines is 1. The van der Waals surface area contributed by atoms with Gasteiger partial charge in [-0.3, -0.25) is 4.79 Å². The summed E-state index contributed by atoms with van der Waals surface area (Å²) in [7, 11) is 1.72. The zero-order valence-corrected chi connectivity index (χ0v) is 11.2. The van der Waals surface area contributed by atoms with Crippen molar-refractivity contribution in [2.75, 3.05) is 12.4 Å². The Labute approximate surface area is 116 Å².